The summed E-state index contributed by atoms with van der Waals surface area (Å²) in [5.41, 5.74) is 1.91. The molecule has 0 spiro atoms. The number of carbonyl (C=O) groups excluding carboxylic acids is 1. The van der Waals surface area contributed by atoms with Crippen molar-refractivity contribution in [2.45, 2.75) is 26.3 Å². The van der Waals surface area contributed by atoms with Crippen molar-refractivity contribution < 1.29 is 4.79 Å². The zero-order chi connectivity index (χ0) is 19.8. The molecular weight excluding hydrogens is 348 g/mol. The van der Waals surface area contributed by atoms with E-state index in [0.29, 0.717) is 5.56 Å². The molecule has 1 aromatic carbocycles. The Morgan fingerprint density at radius 2 is 1.93 bits per heavy atom. The minimum Gasteiger partial charge on any atom is -0.354 e. The summed E-state index contributed by atoms with van der Waals surface area (Å²) in [5.74, 6) is 0.860. The number of pyridine rings is 1. The number of rotatable bonds is 7. The van der Waals surface area contributed by atoms with Crippen LogP contribution in [0.3, 0.4) is 0 Å². The molecule has 148 valence electrons. The molecule has 1 N–H and O–H groups in total. The van der Waals surface area contributed by atoms with Gasteiger partial charge in [-0.3, -0.25) is 9.69 Å². The molecule has 0 aliphatic carbocycles. The van der Waals surface area contributed by atoms with Gasteiger partial charge in [-0.05, 0) is 31.0 Å². The Labute approximate surface area is 168 Å². The standard InChI is InChI=1S/C23H30N4O/c1-3-19(2)25-23(28)21-11-12-24-22(18-21)27-16-14-26(15-17-27)13-7-10-20-8-5-4-6-9-20/h4-12,18-19H,3,13-17H2,1-2H3,(H,25,28)/b10-7+. The number of hydrogen-bond donors (Lipinski definition) is 1. The Balaban J connectivity index is 1.51. The Bertz CT molecular complexity index is 782. The van der Waals surface area contributed by atoms with E-state index in [-0.39, 0.29) is 11.9 Å². The third kappa shape index (κ3) is 5.67. The largest absolute Gasteiger partial charge is 0.354 e. The summed E-state index contributed by atoms with van der Waals surface area (Å²) in [4.78, 5) is 21.5. The Hall–Kier alpha value is -2.66. The van der Waals surface area contributed by atoms with Gasteiger partial charge in [0.25, 0.3) is 5.91 Å². The van der Waals surface area contributed by atoms with Gasteiger partial charge in [-0.25, -0.2) is 4.98 Å². The second-order valence-corrected chi connectivity index (χ2v) is 7.29. The summed E-state index contributed by atoms with van der Waals surface area (Å²) in [6.45, 7) is 8.86. The quantitative estimate of drug-likeness (QED) is 0.802. The fourth-order valence-electron chi connectivity index (χ4n) is 3.20. The molecule has 1 saturated heterocycles. The molecule has 1 aliphatic heterocycles. The van der Waals surface area contributed by atoms with E-state index in [1.54, 1.807) is 12.3 Å². The van der Waals surface area contributed by atoms with E-state index in [2.05, 4.69) is 63.4 Å². The molecule has 28 heavy (non-hydrogen) atoms. The van der Waals surface area contributed by atoms with Crippen LogP contribution in [0.15, 0.2) is 54.7 Å². The van der Waals surface area contributed by atoms with Crippen molar-refractivity contribution in [3.8, 4) is 0 Å². The summed E-state index contributed by atoms with van der Waals surface area (Å²) in [5, 5.41) is 3.02. The molecule has 3 rings (SSSR count). The van der Waals surface area contributed by atoms with Crippen molar-refractivity contribution in [1.82, 2.24) is 15.2 Å². The molecular formula is C23H30N4O. The van der Waals surface area contributed by atoms with Gasteiger partial charge in [0.1, 0.15) is 5.82 Å². The van der Waals surface area contributed by atoms with Crippen molar-refractivity contribution in [1.29, 1.82) is 0 Å². The van der Waals surface area contributed by atoms with Gasteiger partial charge in [0.05, 0.1) is 0 Å². The lowest BCUT2D eigenvalue weighted by Gasteiger charge is -2.35. The second-order valence-electron chi connectivity index (χ2n) is 7.29. The number of benzene rings is 1. The lowest BCUT2D eigenvalue weighted by molar-refractivity contribution is 0.0939. The molecule has 0 saturated carbocycles. The predicted molar refractivity (Wildman–Crippen MR) is 116 cm³/mol. The van der Waals surface area contributed by atoms with Gasteiger partial charge in [0.15, 0.2) is 0 Å². The topological polar surface area (TPSA) is 48.5 Å². The van der Waals surface area contributed by atoms with Crippen LogP contribution < -0.4 is 10.2 Å². The predicted octanol–water partition coefficient (Wildman–Crippen LogP) is 3.45. The van der Waals surface area contributed by atoms with Crippen LogP contribution in [0.2, 0.25) is 0 Å². The molecule has 1 fully saturated rings. The van der Waals surface area contributed by atoms with Gasteiger partial charge in [0.2, 0.25) is 0 Å². The molecule has 5 heteroatoms. The maximum Gasteiger partial charge on any atom is 0.251 e. The highest BCUT2D eigenvalue weighted by atomic mass is 16.1. The second kappa shape index (κ2) is 10.0. The van der Waals surface area contributed by atoms with Crippen LogP contribution >= 0.6 is 0 Å². The highest BCUT2D eigenvalue weighted by molar-refractivity contribution is 5.95. The molecule has 0 radical (unpaired) electrons. The van der Waals surface area contributed by atoms with Gasteiger partial charge in [0, 0.05) is 50.5 Å². The first kappa shape index (κ1) is 20.1. The van der Waals surface area contributed by atoms with Gasteiger partial charge in [-0.1, -0.05) is 49.4 Å². The van der Waals surface area contributed by atoms with Crippen molar-refractivity contribution in [2.75, 3.05) is 37.6 Å². The van der Waals surface area contributed by atoms with Crippen LogP contribution in [-0.4, -0.2) is 54.6 Å². The summed E-state index contributed by atoms with van der Waals surface area (Å²) in [6, 6.07) is 14.2. The summed E-state index contributed by atoms with van der Waals surface area (Å²) in [6.07, 6.45) is 7.05. The van der Waals surface area contributed by atoms with E-state index < -0.39 is 0 Å². The highest BCUT2D eigenvalue weighted by Gasteiger charge is 2.18. The van der Waals surface area contributed by atoms with Gasteiger partial charge < -0.3 is 10.2 Å². The van der Waals surface area contributed by atoms with E-state index in [1.807, 2.05) is 19.1 Å². The minimum absolute atomic E-state index is 0.0253. The van der Waals surface area contributed by atoms with E-state index in [1.165, 1.54) is 5.56 Å². The van der Waals surface area contributed by atoms with E-state index in [4.69, 9.17) is 0 Å². The first-order valence-corrected chi connectivity index (χ1v) is 10.1. The van der Waals surface area contributed by atoms with Crippen molar-refractivity contribution in [3.05, 3.63) is 65.9 Å². The Morgan fingerprint density at radius 1 is 1.18 bits per heavy atom. The van der Waals surface area contributed by atoms with Crippen LogP contribution in [0.1, 0.15) is 36.2 Å². The van der Waals surface area contributed by atoms with Crippen LogP contribution in [0.4, 0.5) is 5.82 Å². The first-order chi connectivity index (χ1) is 13.7. The molecule has 2 heterocycles. The number of nitrogens with one attached hydrogen (secondary N) is 1. The zero-order valence-electron chi connectivity index (χ0n) is 16.8. The molecule has 1 amide bonds. The number of amides is 1. The third-order valence-corrected chi connectivity index (χ3v) is 5.17. The molecule has 1 aliphatic rings. The van der Waals surface area contributed by atoms with E-state index in [0.717, 1.165) is 45.0 Å². The van der Waals surface area contributed by atoms with Gasteiger partial charge in [-0.2, -0.15) is 0 Å². The minimum atomic E-state index is -0.0253. The molecule has 2 aromatic rings. The molecule has 0 bridgehead atoms. The maximum absolute atomic E-state index is 12.4. The van der Waals surface area contributed by atoms with Crippen LogP contribution in [-0.2, 0) is 0 Å². The average molecular weight is 379 g/mol. The monoisotopic (exact) mass is 378 g/mol. The highest BCUT2D eigenvalue weighted by Crippen LogP contribution is 2.15. The van der Waals surface area contributed by atoms with Crippen molar-refractivity contribution in [2.24, 2.45) is 0 Å². The Morgan fingerprint density at radius 3 is 2.64 bits per heavy atom. The van der Waals surface area contributed by atoms with Gasteiger partial charge in [-0.15, -0.1) is 0 Å². The van der Waals surface area contributed by atoms with E-state index >= 15 is 0 Å². The maximum atomic E-state index is 12.4. The number of piperazine rings is 1. The first-order valence-electron chi connectivity index (χ1n) is 10.1. The fraction of sp³-hybridized carbons (Fsp3) is 0.391. The summed E-state index contributed by atoms with van der Waals surface area (Å²) >= 11 is 0. The number of aromatic nitrogens is 1. The van der Waals surface area contributed by atoms with Crippen LogP contribution in [0.5, 0.6) is 0 Å². The van der Waals surface area contributed by atoms with Crippen LogP contribution in [0, 0.1) is 0 Å². The number of anilines is 1. The van der Waals surface area contributed by atoms with Crippen molar-refractivity contribution in [3.63, 3.8) is 0 Å². The normalized spacial score (nSPS) is 16.3. The van der Waals surface area contributed by atoms with E-state index in [9.17, 15) is 4.79 Å². The van der Waals surface area contributed by atoms with Crippen LogP contribution in [0.25, 0.3) is 6.08 Å². The average Bonchev–Trinajstić information content (AvgIpc) is 2.75. The fourth-order valence-corrected chi connectivity index (χ4v) is 3.20. The molecule has 1 atom stereocenters. The molecule has 1 unspecified atom stereocenters. The lowest BCUT2D eigenvalue weighted by atomic mass is 10.2. The third-order valence-electron chi connectivity index (χ3n) is 5.17. The van der Waals surface area contributed by atoms with Crippen molar-refractivity contribution >= 4 is 17.8 Å². The number of carbonyl (C=O) groups is 1. The zero-order valence-corrected chi connectivity index (χ0v) is 16.8. The smallest absolute Gasteiger partial charge is 0.251 e. The number of nitrogens with zero attached hydrogens (tertiary/aromatic N) is 3. The lowest BCUT2D eigenvalue weighted by Crippen LogP contribution is -2.46. The summed E-state index contributed by atoms with van der Waals surface area (Å²) in [7, 11) is 0. The Kier molecular flexibility index (Phi) is 7.20. The van der Waals surface area contributed by atoms with Gasteiger partial charge >= 0.3 is 0 Å². The molecule has 5 nitrogen and oxygen atoms in total. The summed E-state index contributed by atoms with van der Waals surface area (Å²) < 4.78 is 0. The number of hydrogen-bond acceptors (Lipinski definition) is 4. The molecule has 1 aromatic heterocycles. The SMILES string of the molecule is CCC(C)NC(=O)c1ccnc(N2CCN(C/C=C/c3ccccc3)CC2)c1.